The summed E-state index contributed by atoms with van der Waals surface area (Å²) in [5.74, 6) is 2.45. The normalized spacial score (nSPS) is 15.5. The molecule has 0 unspecified atom stereocenters. The molecular formula is C27H40N5O5PS. The van der Waals surface area contributed by atoms with E-state index in [0.717, 1.165) is 55.1 Å². The van der Waals surface area contributed by atoms with E-state index in [4.69, 9.17) is 23.9 Å². The Bertz CT molecular complexity index is 1370. The molecule has 1 N–H and O–H groups in total. The van der Waals surface area contributed by atoms with Gasteiger partial charge in [0.2, 0.25) is 0 Å². The Morgan fingerprint density at radius 1 is 1.15 bits per heavy atom. The molecule has 0 atom stereocenters. The van der Waals surface area contributed by atoms with Crippen LogP contribution >= 0.6 is 19.5 Å². The molecule has 10 nitrogen and oxygen atoms in total. The largest absolute Gasteiger partial charge is 0.493 e. The predicted molar refractivity (Wildman–Crippen MR) is 155 cm³/mol. The van der Waals surface area contributed by atoms with Gasteiger partial charge in [-0.1, -0.05) is 13.8 Å². The summed E-state index contributed by atoms with van der Waals surface area (Å²) in [5, 5.41) is 4.88. The average Bonchev–Trinajstić information content (AvgIpc) is 3.27. The van der Waals surface area contributed by atoms with Crippen LogP contribution in [0.15, 0.2) is 27.9 Å². The SMILES string of the molecule is CCOc1ccc(SN2CCC(CP(=O)(OC)OC)CC2)cc1-c1nn2c(C(CC)CC)nc(C)c2c(=O)[nH]1. The van der Waals surface area contributed by atoms with E-state index in [-0.39, 0.29) is 11.5 Å². The average molecular weight is 578 g/mol. The summed E-state index contributed by atoms with van der Waals surface area (Å²) in [7, 11) is -0.117. The number of fused-ring (bicyclic) bond motifs is 1. The maximum Gasteiger partial charge on any atom is 0.330 e. The van der Waals surface area contributed by atoms with Crippen LogP contribution in [0.1, 0.15) is 63.9 Å². The number of hydrogen-bond acceptors (Lipinski definition) is 9. The van der Waals surface area contributed by atoms with Gasteiger partial charge in [0, 0.05) is 38.1 Å². The number of ether oxygens (including phenoxy) is 1. The van der Waals surface area contributed by atoms with Gasteiger partial charge in [-0.3, -0.25) is 9.36 Å². The van der Waals surface area contributed by atoms with Crippen molar-refractivity contribution in [2.45, 2.75) is 64.2 Å². The first-order valence-corrected chi connectivity index (χ1v) is 16.2. The molecule has 1 aliphatic heterocycles. The molecule has 2 aromatic heterocycles. The van der Waals surface area contributed by atoms with E-state index in [0.29, 0.717) is 41.5 Å². The fourth-order valence-electron chi connectivity index (χ4n) is 5.14. The molecule has 3 heterocycles. The lowest BCUT2D eigenvalue weighted by molar-refractivity contribution is 0.252. The van der Waals surface area contributed by atoms with Crippen LogP contribution in [0.4, 0.5) is 0 Å². The molecule has 214 valence electrons. The molecule has 0 bridgehead atoms. The molecule has 12 heteroatoms. The number of aromatic nitrogens is 4. The zero-order chi connectivity index (χ0) is 28.2. The minimum absolute atomic E-state index is 0.214. The second-order valence-electron chi connectivity index (χ2n) is 9.85. The number of imidazole rings is 1. The number of aryl methyl sites for hydroxylation is 1. The summed E-state index contributed by atoms with van der Waals surface area (Å²) in [6, 6.07) is 5.99. The minimum Gasteiger partial charge on any atom is -0.493 e. The Morgan fingerprint density at radius 3 is 2.46 bits per heavy atom. The molecule has 1 saturated heterocycles. The van der Waals surface area contributed by atoms with E-state index in [2.05, 4.69) is 23.1 Å². The number of piperidine rings is 1. The third kappa shape index (κ3) is 6.60. The van der Waals surface area contributed by atoms with E-state index >= 15 is 0 Å². The second-order valence-corrected chi connectivity index (χ2v) is 13.3. The highest BCUT2D eigenvalue weighted by molar-refractivity contribution is 7.97. The summed E-state index contributed by atoms with van der Waals surface area (Å²) in [6.45, 7) is 10.3. The highest BCUT2D eigenvalue weighted by Gasteiger charge is 2.30. The van der Waals surface area contributed by atoms with E-state index in [1.165, 1.54) is 14.2 Å². The van der Waals surface area contributed by atoms with Gasteiger partial charge in [-0.2, -0.15) is 0 Å². The quantitative estimate of drug-likeness (QED) is 0.208. The standard InChI is InChI=1S/C27H40N5O5PS/c1-7-20(8-2)26-28-18(4)24-27(33)29-25(30-32(24)26)22-16-21(10-11-23(22)37-9-3)39-31-14-12-19(13-15-31)17-38(34,35-5)36-6/h10-11,16,19-20H,7-9,12-15,17H2,1-6H3,(H,29,30,33). The molecule has 1 fully saturated rings. The zero-order valence-corrected chi connectivity index (χ0v) is 25.4. The molecule has 39 heavy (non-hydrogen) atoms. The van der Waals surface area contributed by atoms with Crippen LogP contribution in [0.25, 0.3) is 16.9 Å². The monoisotopic (exact) mass is 577 g/mol. The van der Waals surface area contributed by atoms with E-state index in [9.17, 15) is 9.36 Å². The molecular weight excluding hydrogens is 537 g/mol. The molecule has 0 aliphatic carbocycles. The first-order chi connectivity index (χ1) is 18.7. The van der Waals surface area contributed by atoms with E-state index in [1.807, 2.05) is 32.0 Å². The third-order valence-electron chi connectivity index (χ3n) is 7.40. The number of aromatic amines is 1. The fraction of sp³-hybridized carbons (Fsp3) is 0.593. The number of hydrogen-bond donors (Lipinski definition) is 1. The number of benzene rings is 1. The third-order valence-corrected chi connectivity index (χ3v) is 10.6. The number of nitrogens with zero attached hydrogens (tertiary/aromatic N) is 4. The van der Waals surface area contributed by atoms with Crippen LogP contribution in [0.2, 0.25) is 0 Å². The topological polar surface area (TPSA) is 111 Å². The van der Waals surface area contributed by atoms with Gasteiger partial charge in [0.05, 0.1) is 24.0 Å². The molecule has 0 spiro atoms. The van der Waals surface area contributed by atoms with Crippen molar-refractivity contribution in [1.82, 2.24) is 23.9 Å². The van der Waals surface area contributed by atoms with Crippen LogP contribution in [-0.2, 0) is 13.6 Å². The van der Waals surface area contributed by atoms with Crippen molar-refractivity contribution in [1.29, 1.82) is 0 Å². The van der Waals surface area contributed by atoms with Gasteiger partial charge in [0.25, 0.3) is 5.56 Å². The molecule has 0 radical (unpaired) electrons. The predicted octanol–water partition coefficient (Wildman–Crippen LogP) is 5.90. The van der Waals surface area contributed by atoms with Gasteiger partial charge >= 0.3 is 7.60 Å². The van der Waals surface area contributed by atoms with Crippen LogP contribution in [0.5, 0.6) is 5.75 Å². The van der Waals surface area contributed by atoms with Gasteiger partial charge in [0.1, 0.15) is 11.6 Å². The molecule has 4 rings (SSSR count). The highest BCUT2D eigenvalue weighted by Crippen LogP contribution is 2.49. The zero-order valence-electron chi connectivity index (χ0n) is 23.7. The van der Waals surface area contributed by atoms with Crippen molar-refractivity contribution in [2.75, 3.05) is 40.1 Å². The van der Waals surface area contributed by atoms with Gasteiger partial charge in [-0.15, -0.1) is 5.10 Å². The Labute approximate surface area is 234 Å². The van der Waals surface area contributed by atoms with Crippen molar-refractivity contribution in [3.05, 3.63) is 40.1 Å². The first-order valence-electron chi connectivity index (χ1n) is 13.7. The molecule has 3 aromatic rings. The van der Waals surface area contributed by atoms with Gasteiger partial charge in [-0.05, 0) is 75.6 Å². The van der Waals surface area contributed by atoms with Crippen LogP contribution < -0.4 is 10.3 Å². The summed E-state index contributed by atoms with van der Waals surface area (Å²) in [4.78, 5) is 21.9. The van der Waals surface area contributed by atoms with E-state index < -0.39 is 7.60 Å². The van der Waals surface area contributed by atoms with Crippen molar-refractivity contribution >= 4 is 25.1 Å². The van der Waals surface area contributed by atoms with Crippen molar-refractivity contribution in [3.63, 3.8) is 0 Å². The minimum atomic E-state index is -3.00. The van der Waals surface area contributed by atoms with Crippen molar-refractivity contribution in [3.8, 4) is 17.1 Å². The van der Waals surface area contributed by atoms with Crippen LogP contribution in [0.3, 0.4) is 0 Å². The molecule has 1 aliphatic rings. The Kier molecular flexibility index (Phi) is 9.93. The van der Waals surface area contributed by atoms with Crippen molar-refractivity contribution in [2.24, 2.45) is 5.92 Å². The first kappa shape index (κ1) is 29.8. The number of nitrogens with one attached hydrogen (secondary N) is 1. The highest BCUT2D eigenvalue weighted by atomic mass is 32.2. The Hall–Kier alpha value is -2.17. The maximum atomic E-state index is 13.2. The van der Waals surface area contributed by atoms with Crippen molar-refractivity contribution < 1.29 is 18.3 Å². The van der Waals surface area contributed by atoms with Gasteiger partial charge in [0.15, 0.2) is 11.3 Å². The number of H-pyrrole nitrogens is 1. The van der Waals surface area contributed by atoms with Crippen LogP contribution in [0, 0.1) is 12.8 Å². The molecule has 0 amide bonds. The summed E-state index contributed by atoms with van der Waals surface area (Å²) in [5.41, 5.74) is 1.69. The second kappa shape index (κ2) is 13.0. The smallest absolute Gasteiger partial charge is 0.330 e. The summed E-state index contributed by atoms with van der Waals surface area (Å²) >= 11 is 1.67. The molecule has 0 saturated carbocycles. The van der Waals surface area contributed by atoms with Gasteiger partial charge in [-0.25, -0.2) is 13.8 Å². The lowest BCUT2D eigenvalue weighted by Gasteiger charge is -2.32. The van der Waals surface area contributed by atoms with Crippen LogP contribution in [-0.4, -0.2) is 64.0 Å². The lowest BCUT2D eigenvalue weighted by atomic mass is 10.0. The lowest BCUT2D eigenvalue weighted by Crippen LogP contribution is -2.30. The Balaban J connectivity index is 1.61. The van der Waals surface area contributed by atoms with Gasteiger partial charge < -0.3 is 18.8 Å². The molecule has 1 aromatic carbocycles. The number of rotatable bonds is 12. The maximum absolute atomic E-state index is 13.2. The Morgan fingerprint density at radius 2 is 1.85 bits per heavy atom. The summed E-state index contributed by atoms with van der Waals surface area (Å²) in [6.07, 6.45) is 4.11. The summed E-state index contributed by atoms with van der Waals surface area (Å²) < 4.78 is 32.8. The van der Waals surface area contributed by atoms with E-state index in [1.54, 1.807) is 16.5 Å². The fourth-order valence-corrected chi connectivity index (χ4v) is 7.57.